The molecular weight excluding hydrogens is 687 g/mol. The molecule has 0 spiro atoms. The molecule has 13 heteroatoms. The summed E-state index contributed by atoms with van der Waals surface area (Å²) in [4.78, 5) is 39.5. The number of rotatable bonds is 12. The number of anilines is 2. The number of hydrogen-bond donors (Lipinski definition) is 2. The van der Waals surface area contributed by atoms with E-state index in [9.17, 15) is 9.59 Å². The SMILES string of the molecule is CC(C)(C)OC(=O)N[C@@H]1CCCN(Cc2ccnc(C(=O)Nc3ccc(-c4cc5c(N6CCOCC6)nccc5n4COCC[Si](C)(C)C)cc3)c2)C1. The summed E-state index contributed by atoms with van der Waals surface area (Å²) in [6.45, 7) is 19.1. The van der Waals surface area contributed by atoms with Crippen LogP contribution in [-0.4, -0.2) is 97.2 Å². The maximum atomic E-state index is 13.4. The number of carbonyl (C=O) groups is 2. The molecule has 0 saturated carbocycles. The minimum Gasteiger partial charge on any atom is -0.444 e. The summed E-state index contributed by atoms with van der Waals surface area (Å²) in [7, 11) is -1.23. The zero-order valence-electron chi connectivity index (χ0n) is 32.1. The summed E-state index contributed by atoms with van der Waals surface area (Å²) in [5.74, 6) is 0.693. The molecule has 0 unspecified atom stereocenters. The predicted molar refractivity (Wildman–Crippen MR) is 212 cm³/mol. The van der Waals surface area contributed by atoms with Crippen LogP contribution in [0.25, 0.3) is 22.2 Å². The highest BCUT2D eigenvalue weighted by Crippen LogP contribution is 2.34. The van der Waals surface area contributed by atoms with Crippen LogP contribution in [0.2, 0.25) is 25.7 Å². The lowest BCUT2D eigenvalue weighted by molar-refractivity contribution is 0.0470. The van der Waals surface area contributed by atoms with Crippen molar-refractivity contribution in [2.45, 2.75) is 84.2 Å². The average molecular weight is 742 g/mol. The Morgan fingerprint density at radius 3 is 2.47 bits per heavy atom. The lowest BCUT2D eigenvalue weighted by Gasteiger charge is -2.33. The lowest BCUT2D eigenvalue weighted by Crippen LogP contribution is -2.48. The van der Waals surface area contributed by atoms with E-state index in [4.69, 9.17) is 19.2 Å². The number of amides is 2. The monoisotopic (exact) mass is 741 g/mol. The molecule has 2 aliphatic rings. The van der Waals surface area contributed by atoms with Gasteiger partial charge in [0.1, 0.15) is 23.8 Å². The Hall–Kier alpha value is -4.30. The number of likely N-dealkylation sites (tertiary alicyclic amines) is 1. The number of nitrogens with one attached hydrogen (secondary N) is 2. The molecule has 0 radical (unpaired) electrons. The molecule has 1 aromatic carbocycles. The van der Waals surface area contributed by atoms with Gasteiger partial charge in [0, 0.05) is 70.4 Å². The van der Waals surface area contributed by atoms with E-state index in [1.54, 1.807) is 6.20 Å². The number of carbonyl (C=O) groups excluding carboxylic acids is 2. The second-order valence-electron chi connectivity index (χ2n) is 16.3. The summed E-state index contributed by atoms with van der Waals surface area (Å²) in [5, 5.41) is 7.13. The molecule has 6 rings (SSSR count). The maximum Gasteiger partial charge on any atom is 0.407 e. The third-order valence-corrected chi connectivity index (χ3v) is 11.2. The van der Waals surface area contributed by atoms with Crippen LogP contribution in [0.3, 0.4) is 0 Å². The summed E-state index contributed by atoms with van der Waals surface area (Å²) in [6, 6.07) is 17.1. The fourth-order valence-corrected chi connectivity index (χ4v) is 7.53. The molecule has 0 aliphatic carbocycles. The van der Waals surface area contributed by atoms with Gasteiger partial charge in [-0.2, -0.15) is 0 Å². The predicted octanol–water partition coefficient (Wildman–Crippen LogP) is 6.99. The van der Waals surface area contributed by atoms with E-state index < -0.39 is 13.7 Å². The number of alkyl carbamates (subject to hydrolysis) is 1. The van der Waals surface area contributed by atoms with E-state index in [1.165, 1.54) is 0 Å². The van der Waals surface area contributed by atoms with E-state index in [0.717, 1.165) is 78.7 Å². The normalized spacial score (nSPS) is 17.2. The van der Waals surface area contributed by atoms with Crippen LogP contribution >= 0.6 is 0 Å². The van der Waals surface area contributed by atoms with Gasteiger partial charge in [-0.1, -0.05) is 31.8 Å². The van der Waals surface area contributed by atoms with Crippen molar-refractivity contribution in [3.63, 3.8) is 0 Å². The molecule has 1 atom stereocenters. The van der Waals surface area contributed by atoms with Gasteiger partial charge in [-0.3, -0.25) is 14.7 Å². The van der Waals surface area contributed by atoms with Gasteiger partial charge in [0.05, 0.1) is 24.4 Å². The molecule has 12 nitrogen and oxygen atoms in total. The molecular formula is C40H55N7O5Si. The largest absolute Gasteiger partial charge is 0.444 e. The van der Waals surface area contributed by atoms with Crippen LogP contribution in [-0.2, 0) is 27.5 Å². The molecule has 2 amide bonds. The molecule has 284 valence electrons. The number of benzene rings is 1. The van der Waals surface area contributed by atoms with Crippen molar-refractivity contribution in [2.75, 3.05) is 56.2 Å². The van der Waals surface area contributed by atoms with Gasteiger partial charge in [0.15, 0.2) is 0 Å². The maximum absolute atomic E-state index is 13.4. The summed E-state index contributed by atoms with van der Waals surface area (Å²) >= 11 is 0. The number of ether oxygens (including phenoxy) is 3. The fourth-order valence-electron chi connectivity index (χ4n) is 6.78. The first-order valence-corrected chi connectivity index (χ1v) is 22.5. The molecule has 2 saturated heterocycles. The molecule has 53 heavy (non-hydrogen) atoms. The number of nitrogens with zero attached hydrogens (tertiary/aromatic N) is 5. The molecule has 3 aromatic heterocycles. The summed E-state index contributed by atoms with van der Waals surface area (Å²) in [6.07, 6.45) is 5.04. The minimum absolute atomic E-state index is 0.0124. The third kappa shape index (κ3) is 10.7. The van der Waals surface area contributed by atoms with Gasteiger partial charge < -0.3 is 34.3 Å². The highest BCUT2D eigenvalue weighted by molar-refractivity contribution is 6.76. The van der Waals surface area contributed by atoms with Gasteiger partial charge in [-0.15, -0.1) is 0 Å². The second-order valence-corrected chi connectivity index (χ2v) is 21.9. The van der Waals surface area contributed by atoms with Crippen molar-refractivity contribution in [3.05, 3.63) is 72.2 Å². The van der Waals surface area contributed by atoms with Gasteiger partial charge >= 0.3 is 6.09 Å². The van der Waals surface area contributed by atoms with E-state index in [0.29, 0.717) is 44.4 Å². The minimum atomic E-state index is -1.23. The Morgan fingerprint density at radius 1 is 0.981 bits per heavy atom. The molecule has 5 heterocycles. The quantitative estimate of drug-likeness (QED) is 0.117. The van der Waals surface area contributed by atoms with Gasteiger partial charge in [-0.25, -0.2) is 9.78 Å². The van der Waals surface area contributed by atoms with Crippen molar-refractivity contribution < 1.29 is 23.8 Å². The van der Waals surface area contributed by atoms with Gasteiger partial charge in [0.25, 0.3) is 5.91 Å². The Balaban J connectivity index is 1.13. The van der Waals surface area contributed by atoms with Crippen molar-refractivity contribution >= 4 is 42.5 Å². The van der Waals surface area contributed by atoms with Crippen LogP contribution in [0.1, 0.15) is 49.7 Å². The molecule has 2 fully saturated rings. The van der Waals surface area contributed by atoms with E-state index in [2.05, 4.69) is 61.8 Å². The van der Waals surface area contributed by atoms with E-state index >= 15 is 0 Å². The standard InChI is InChI=1S/C40H55N7O5Si/c1-40(2,3)52-39(49)44-32-8-7-17-45(27-32)26-29-13-15-41-34(24-29)38(48)43-31-11-9-30(10-12-31)36-25-33-35(47(36)28-51-22-23-53(4,5)6)14-16-42-37(33)46-18-20-50-21-19-46/h9-16,24-25,32H,7-8,17-23,26-28H2,1-6H3,(H,43,48)(H,44,49)/t32-/m1/s1. The Bertz CT molecular complexity index is 1860. The third-order valence-electron chi connectivity index (χ3n) is 9.46. The zero-order valence-corrected chi connectivity index (χ0v) is 33.1. The highest BCUT2D eigenvalue weighted by atomic mass is 28.3. The van der Waals surface area contributed by atoms with Crippen LogP contribution < -0.4 is 15.5 Å². The van der Waals surface area contributed by atoms with Gasteiger partial charge in [0.2, 0.25) is 0 Å². The van der Waals surface area contributed by atoms with Crippen LogP contribution in [0, 0.1) is 0 Å². The summed E-state index contributed by atoms with van der Waals surface area (Å²) < 4.78 is 19.6. The van der Waals surface area contributed by atoms with Crippen LogP contribution in [0.4, 0.5) is 16.3 Å². The first kappa shape index (κ1) is 38.4. The first-order valence-electron chi connectivity index (χ1n) is 18.8. The first-order chi connectivity index (χ1) is 25.3. The van der Waals surface area contributed by atoms with Gasteiger partial charge in [-0.05, 0) is 93.7 Å². The lowest BCUT2D eigenvalue weighted by atomic mass is 10.0. The van der Waals surface area contributed by atoms with E-state index in [1.807, 2.05) is 63.4 Å². The van der Waals surface area contributed by atoms with Crippen molar-refractivity contribution in [2.24, 2.45) is 0 Å². The number of hydrogen-bond acceptors (Lipinski definition) is 9. The average Bonchev–Trinajstić information content (AvgIpc) is 3.48. The van der Waals surface area contributed by atoms with Crippen molar-refractivity contribution in [3.8, 4) is 11.3 Å². The van der Waals surface area contributed by atoms with E-state index in [-0.39, 0.29) is 18.0 Å². The summed E-state index contributed by atoms with van der Waals surface area (Å²) in [5.41, 5.74) is 4.61. The van der Waals surface area contributed by atoms with Crippen LogP contribution in [0.5, 0.6) is 0 Å². The molecule has 2 aliphatic heterocycles. The van der Waals surface area contributed by atoms with Crippen molar-refractivity contribution in [1.29, 1.82) is 0 Å². The number of aromatic nitrogens is 3. The Kier molecular flexibility index (Phi) is 12.2. The molecule has 4 aromatic rings. The number of morpholine rings is 1. The number of pyridine rings is 2. The molecule has 2 N–H and O–H groups in total. The Morgan fingerprint density at radius 2 is 1.74 bits per heavy atom. The highest BCUT2D eigenvalue weighted by Gasteiger charge is 2.25. The number of piperidine rings is 1. The number of fused-ring (bicyclic) bond motifs is 1. The fraction of sp³-hybridized carbons (Fsp3) is 0.500. The zero-order chi connectivity index (χ0) is 37.6. The smallest absolute Gasteiger partial charge is 0.407 e. The molecule has 0 bridgehead atoms. The van der Waals surface area contributed by atoms with Crippen molar-refractivity contribution in [1.82, 2.24) is 24.8 Å². The van der Waals surface area contributed by atoms with Crippen LogP contribution in [0.15, 0.2) is 60.9 Å². The second kappa shape index (κ2) is 16.8. The topological polar surface area (TPSA) is 123 Å². The Labute approximate surface area is 314 Å².